The predicted molar refractivity (Wildman–Crippen MR) is 175 cm³/mol. The summed E-state index contributed by atoms with van der Waals surface area (Å²) in [6.07, 6.45) is 1.61. The largest absolute Gasteiger partial charge is 0.493 e. The minimum absolute atomic E-state index is 0.0335. The molecule has 3 heterocycles. The molecule has 0 radical (unpaired) electrons. The number of anilines is 4. The summed E-state index contributed by atoms with van der Waals surface area (Å²) in [5.41, 5.74) is 7.07. The molecule has 7 rings (SSSR count). The maximum absolute atomic E-state index is 13.2. The van der Waals surface area contributed by atoms with Gasteiger partial charge in [0, 0.05) is 31.6 Å². The van der Waals surface area contributed by atoms with Crippen molar-refractivity contribution in [2.75, 3.05) is 68.8 Å². The van der Waals surface area contributed by atoms with Gasteiger partial charge in [-0.15, -0.1) is 0 Å². The molecular formula is C36H37N3O6. The average molecular weight is 608 g/mol. The van der Waals surface area contributed by atoms with Crippen LogP contribution in [-0.2, 0) is 15.9 Å². The molecule has 45 heavy (non-hydrogen) atoms. The number of hydrogen-bond acceptors (Lipinski definition) is 8. The molecule has 0 spiro atoms. The number of ether oxygens (including phenoxy) is 5. The molecule has 0 aromatic heterocycles. The molecule has 0 bridgehead atoms. The van der Waals surface area contributed by atoms with Crippen LogP contribution in [0, 0.1) is 0 Å². The monoisotopic (exact) mass is 607 g/mol. The van der Waals surface area contributed by atoms with Crippen LogP contribution in [0.3, 0.4) is 0 Å². The van der Waals surface area contributed by atoms with Crippen LogP contribution in [0.25, 0.3) is 11.1 Å². The zero-order chi connectivity index (χ0) is 30.6. The highest BCUT2D eigenvalue weighted by Gasteiger charge is 2.22. The molecule has 9 nitrogen and oxygen atoms in total. The maximum Gasteiger partial charge on any atom is 0.257 e. The van der Waals surface area contributed by atoms with Crippen LogP contribution in [0.5, 0.6) is 17.2 Å². The highest BCUT2D eigenvalue weighted by atomic mass is 16.6. The summed E-state index contributed by atoms with van der Waals surface area (Å²) in [7, 11) is 1.64. The van der Waals surface area contributed by atoms with E-state index in [4.69, 9.17) is 23.7 Å². The molecule has 4 aromatic carbocycles. The van der Waals surface area contributed by atoms with E-state index in [9.17, 15) is 4.79 Å². The molecule has 2 saturated heterocycles. The summed E-state index contributed by atoms with van der Waals surface area (Å²) in [6.45, 7) is 5.18. The SMILES string of the molecule is COc1cc(-c2ccc3c(c2)Nc2ccc(CCOc4ccc(N5CCOCC5)cc4)cc2NC3=O)ccc1OC1CCOC1. The number of nitrogens with one attached hydrogen (secondary N) is 2. The number of carbonyl (C=O) groups excluding carboxylic acids is 1. The van der Waals surface area contributed by atoms with Crippen molar-refractivity contribution in [3.63, 3.8) is 0 Å². The summed E-state index contributed by atoms with van der Waals surface area (Å²) in [4.78, 5) is 15.6. The average Bonchev–Trinajstić information content (AvgIpc) is 3.55. The van der Waals surface area contributed by atoms with Crippen molar-refractivity contribution < 1.29 is 28.5 Å². The van der Waals surface area contributed by atoms with Gasteiger partial charge in [0.25, 0.3) is 5.91 Å². The van der Waals surface area contributed by atoms with Crippen LogP contribution < -0.4 is 29.7 Å². The minimum atomic E-state index is -0.156. The molecule has 1 amide bonds. The lowest BCUT2D eigenvalue weighted by molar-refractivity contribution is 0.102. The third-order valence-corrected chi connectivity index (χ3v) is 8.42. The lowest BCUT2D eigenvalue weighted by Crippen LogP contribution is -2.36. The van der Waals surface area contributed by atoms with E-state index in [-0.39, 0.29) is 12.0 Å². The molecule has 232 valence electrons. The number of morpholine rings is 1. The van der Waals surface area contributed by atoms with E-state index in [0.29, 0.717) is 43.3 Å². The number of amides is 1. The Hall–Kier alpha value is -4.73. The smallest absolute Gasteiger partial charge is 0.257 e. The van der Waals surface area contributed by atoms with E-state index in [1.54, 1.807) is 7.11 Å². The van der Waals surface area contributed by atoms with E-state index in [0.717, 1.165) is 72.2 Å². The normalized spacial score (nSPS) is 17.4. The highest BCUT2D eigenvalue weighted by Crippen LogP contribution is 2.38. The van der Waals surface area contributed by atoms with Gasteiger partial charge in [-0.25, -0.2) is 0 Å². The lowest BCUT2D eigenvalue weighted by atomic mass is 10.0. The molecule has 0 saturated carbocycles. The van der Waals surface area contributed by atoms with Gasteiger partial charge in [0.2, 0.25) is 0 Å². The van der Waals surface area contributed by atoms with Crippen molar-refractivity contribution in [1.29, 1.82) is 0 Å². The highest BCUT2D eigenvalue weighted by molar-refractivity contribution is 6.12. The summed E-state index contributed by atoms with van der Waals surface area (Å²) in [5.74, 6) is 2.04. The van der Waals surface area contributed by atoms with E-state index in [1.165, 1.54) is 5.69 Å². The van der Waals surface area contributed by atoms with Gasteiger partial charge >= 0.3 is 0 Å². The quantitative estimate of drug-likeness (QED) is 0.229. The van der Waals surface area contributed by atoms with Gasteiger partial charge < -0.3 is 39.2 Å². The molecule has 3 aliphatic heterocycles. The van der Waals surface area contributed by atoms with Crippen LogP contribution in [0.2, 0.25) is 0 Å². The Balaban J connectivity index is 1.02. The second-order valence-electron chi connectivity index (χ2n) is 11.4. The van der Waals surface area contributed by atoms with Crippen molar-refractivity contribution in [2.45, 2.75) is 18.9 Å². The number of rotatable bonds is 9. The number of fused-ring (bicyclic) bond motifs is 2. The Morgan fingerprint density at radius 1 is 0.800 bits per heavy atom. The second kappa shape index (κ2) is 13.1. The first kappa shape index (κ1) is 29.0. The van der Waals surface area contributed by atoms with Crippen molar-refractivity contribution in [1.82, 2.24) is 0 Å². The van der Waals surface area contributed by atoms with Gasteiger partial charge in [-0.2, -0.15) is 0 Å². The predicted octanol–water partition coefficient (Wildman–Crippen LogP) is 6.30. The maximum atomic E-state index is 13.2. The minimum Gasteiger partial charge on any atom is -0.493 e. The van der Waals surface area contributed by atoms with Gasteiger partial charge in [0.1, 0.15) is 11.9 Å². The Labute approximate surface area is 263 Å². The molecule has 9 heteroatoms. The standard InChI is InChI=1S/C36H37N3O6/c1-41-35-22-26(4-11-34(35)45-29-13-16-43-23-29)25-3-9-30-32(21-25)37-31-10-2-24(20-33(31)38-36(30)40)12-17-44-28-7-5-27(6-8-28)39-14-18-42-19-15-39/h2-11,20-22,29,37H,12-19,23H2,1H3,(H,38,40). The number of carbonyl (C=O) groups is 1. The molecular weight excluding hydrogens is 570 g/mol. The molecule has 2 fully saturated rings. The Kier molecular flexibility index (Phi) is 8.44. The van der Waals surface area contributed by atoms with Crippen LogP contribution >= 0.6 is 0 Å². The third kappa shape index (κ3) is 6.55. The van der Waals surface area contributed by atoms with E-state index >= 15 is 0 Å². The molecule has 2 N–H and O–H groups in total. The van der Waals surface area contributed by atoms with Crippen molar-refractivity contribution in [2.24, 2.45) is 0 Å². The molecule has 3 aliphatic rings. The Bertz CT molecular complexity index is 1660. The fourth-order valence-electron chi connectivity index (χ4n) is 5.91. The van der Waals surface area contributed by atoms with Gasteiger partial charge in [-0.3, -0.25) is 4.79 Å². The van der Waals surface area contributed by atoms with Crippen LogP contribution in [-0.4, -0.2) is 65.2 Å². The molecule has 1 atom stereocenters. The van der Waals surface area contributed by atoms with Crippen molar-refractivity contribution in [3.8, 4) is 28.4 Å². The number of benzene rings is 4. The fraction of sp³-hybridized carbons (Fsp3) is 0.306. The zero-order valence-corrected chi connectivity index (χ0v) is 25.3. The lowest BCUT2D eigenvalue weighted by Gasteiger charge is -2.28. The van der Waals surface area contributed by atoms with Gasteiger partial charge in [0.05, 0.1) is 62.8 Å². The number of nitrogens with zero attached hydrogens (tertiary/aromatic N) is 1. The van der Waals surface area contributed by atoms with E-state index in [1.807, 2.05) is 60.7 Å². The third-order valence-electron chi connectivity index (χ3n) is 8.42. The summed E-state index contributed by atoms with van der Waals surface area (Å²) in [5, 5.41) is 6.56. The Morgan fingerprint density at radius 2 is 1.62 bits per heavy atom. The zero-order valence-electron chi connectivity index (χ0n) is 25.3. The molecule has 0 aliphatic carbocycles. The van der Waals surface area contributed by atoms with Crippen molar-refractivity contribution in [3.05, 3.63) is 90.0 Å². The summed E-state index contributed by atoms with van der Waals surface area (Å²) < 4.78 is 28.7. The topological polar surface area (TPSA) is 90.5 Å². The Morgan fingerprint density at radius 3 is 2.42 bits per heavy atom. The first-order valence-electron chi connectivity index (χ1n) is 15.5. The fourth-order valence-corrected chi connectivity index (χ4v) is 5.91. The van der Waals surface area contributed by atoms with Crippen molar-refractivity contribution >= 4 is 28.7 Å². The van der Waals surface area contributed by atoms with Crippen LogP contribution in [0.1, 0.15) is 22.3 Å². The summed E-state index contributed by atoms with van der Waals surface area (Å²) in [6, 6.07) is 26.0. The molecule has 1 unspecified atom stereocenters. The number of methoxy groups -OCH3 is 1. The second-order valence-corrected chi connectivity index (χ2v) is 11.4. The van der Waals surface area contributed by atoms with Gasteiger partial charge in [0.15, 0.2) is 11.5 Å². The van der Waals surface area contributed by atoms with Crippen LogP contribution in [0.15, 0.2) is 78.9 Å². The van der Waals surface area contributed by atoms with Crippen LogP contribution in [0.4, 0.5) is 22.7 Å². The molecule has 4 aromatic rings. The van der Waals surface area contributed by atoms with Gasteiger partial charge in [-0.05, 0) is 77.4 Å². The first-order chi connectivity index (χ1) is 22.1. The first-order valence-corrected chi connectivity index (χ1v) is 15.5. The summed E-state index contributed by atoms with van der Waals surface area (Å²) >= 11 is 0. The number of hydrogen-bond donors (Lipinski definition) is 2. The van der Waals surface area contributed by atoms with E-state index in [2.05, 4.69) is 33.7 Å². The van der Waals surface area contributed by atoms with E-state index < -0.39 is 0 Å². The van der Waals surface area contributed by atoms with Gasteiger partial charge in [-0.1, -0.05) is 18.2 Å².